The number of ether oxygens (including phenoxy) is 1. The maximum atomic E-state index is 13.1. The molecule has 1 aliphatic heterocycles. The Hall–Kier alpha value is -1.87. The number of aliphatic imine (C=N–C) groups is 1. The first-order valence-corrected chi connectivity index (χ1v) is 8.79. The highest BCUT2D eigenvalue weighted by Crippen LogP contribution is 2.25. The van der Waals surface area contributed by atoms with Crippen LogP contribution in [0.25, 0.3) is 0 Å². The van der Waals surface area contributed by atoms with E-state index >= 15 is 0 Å². The molecule has 2 unspecified atom stereocenters. The van der Waals surface area contributed by atoms with Gasteiger partial charge in [-0.05, 0) is 31.7 Å². The zero-order valence-electron chi connectivity index (χ0n) is 15.8. The van der Waals surface area contributed by atoms with Crippen molar-refractivity contribution in [2.24, 2.45) is 4.99 Å². The van der Waals surface area contributed by atoms with Crippen LogP contribution in [0.5, 0.6) is 0 Å². The highest BCUT2D eigenvalue weighted by Gasteiger charge is 2.30. The number of hydrogen-bond acceptors (Lipinski definition) is 3. The van der Waals surface area contributed by atoms with Gasteiger partial charge in [-0.1, -0.05) is 12.1 Å². The summed E-state index contributed by atoms with van der Waals surface area (Å²) < 4.78 is 56.3. The minimum Gasteiger partial charge on any atom is -0.367 e. The van der Waals surface area contributed by atoms with E-state index in [-0.39, 0.29) is 24.6 Å². The van der Waals surface area contributed by atoms with Gasteiger partial charge in [0.05, 0.1) is 19.2 Å². The van der Waals surface area contributed by atoms with Crippen LogP contribution in [0.4, 0.5) is 17.6 Å². The molecular weight excluding hydrogens is 364 g/mol. The van der Waals surface area contributed by atoms with Crippen LogP contribution >= 0.6 is 0 Å². The van der Waals surface area contributed by atoms with Crippen molar-refractivity contribution in [3.63, 3.8) is 0 Å². The average molecular weight is 390 g/mol. The van der Waals surface area contributed by atoms with Crippen molar-refractivity contribution in [3.05, 3.63) is 35.6 Å². The molecule has 2 atom stereocenters. The second kappa shape index (κ2) is 9.36. The van der Waals surface area contributed by atoms with Crippen LogP contribution in [0.3, 0.4) is 0 Å². The third kappa shape index (κ3) is 6.99. The van der Waals surface area contributed by atoms with Crippen molar-refractivity contribution in [2.75, 3.05) is 46.8 Å². The van der Waals surface area contributed by atoms with Crippen molar-refractivity contribution in [2.45, 2.75) is 25.3 Å². The normalized spacial score (nSPS) is 21.6. The minimum atomic E-state index is -4.21. The van der Waals surface area contributed by atoms with Gasteiger partial charge in [-0.2, -0.15) is 13.2 Å². The molecule has 1 saturated heterocycles. The van der Waals surface area contributed by atoms with Gasteiger partial charge >= 0.3 is 6.18 Å². The summed E-state index contributed by atoms with van der Waals surface area (Å²) in [5.41, 5.74) is 0.869. The summed E-state index contributed by atoms with van der Waals surface area (Å²) in [5.74, 6) is 0.303. The molecular formula is C18H26F4N4O. The average Bonchev–Trinajstić information content (AvgIpc) is 2.57. The SMILES string of the molecule is CN=C(NCCN(C)CC(F)(F)F)N1CC(C)OC(c2ccc(F)cc2)C1. The Kier molecular flexibility index (Phi) is 7.43. The van der Waals surface area contributed by atoms with E-state index in [9.17, 15) is 17.6 Å². The van der Waals surface area contributed by atoms with E-state index in [2.05, 4.69) is 10.3 Å². The Morgan fingerprint density at radius 3 is 2.56 bits per heavy atom. The van der Waals surface area contributed by atoms with Crippen LogP contribution in [0.1, 0.15) is 18.6 Å². The molecule has 1 N–H and O–H groups in total. The van der Waals surface area contributed by atoms with Crippen LogP contribution in [0.15, 0.2) is 29.3 Å². The maximum Gasteiger partial charge on any atom is 0.401 e. The van der Waals surface area contributed by atoms with Crippen molar-refractivity contribution >= 4 is 5.96 Å². The van der Waals surface area contributed by atoms with Gasteiger partial charge in [0, 0.05) is 26.7 Å². The fourth-order valence-corrected chi connectivity index (χ4v) is 3.06. The first kappa shape index (κ1) is 21.4. The molecule has 27 heavy (non-hydrogen) atoms. The van der Waals surface area contributed by atoms with Gasteiger partial charge in [-0.25, -0.2) is 4.39 Å². The molecule has 0 saturated carbocycles. The minimum absolute atomic E-state index is 0.0692. The lowest BCUT2D eigenvalue weighted by Gasteiger charge is -2.38. The standard InChI is InChI=1S/C18H26F4N4O/c1-13-10-26(11-16(27-13)14-4-6-15(19)7-5-14)17(23-2)24-8-9-25(3)12-18(20,21)22/h4-7,13,16H,8-12H2,1-3H3,(H,23,24). The monoisotopic (exact) mass is 390 g/mol. The van der Waals surface area contributed by atoms with Crippen molar-refractivity contribution < 1.29 is 22.3 Å². The molecule has 0 aliphatic carbocycles. The summed E-state index contributed by atoms with van der Waals surface area (Å²) in [6, 6.07) is 6.18. The number of benzene rings is 1. The summed E-state index contributed by atoms with van der Waals surface area (Å²) >= 11 is 0. The zero-order chi connectivity index (χ0) is 20.0. The van der Waals surface area contributed by atoms with E-state index in [1.165, 1.54) is 24.1 Å². The number of alkyl halides is 3. The molecule has 1 fully saturated rings. The van der Waals surface area contributed by atoms with Gasteiger partial charge < -0.3 is 15.0 Å². The molecule has 0 spiro atoms. The van der Waals surface area contributed by atoms with Crippen LogP contribution < -0.4 is 5.32 Å². The summed E-state index contributed by atoms with van der Waals surface area (Å²) in [6.07, 6.45) is -4.51. The second-order valence-electron chi connectivity index (χ2n) is 6.72. The number of rotatable bonds is 5. The Bertz CT molecular complexity index is 621. The summed E-state index contributed by atoms with van der Waals surface area (Å²) in [4.78, 5) is 7.45. The number of hydrogen-bond donors (Lipinski definition) is 1. The zero-order valence-corrected chi connectivity index (χ0v) is 15.8. The summed E-state index contributed by atoms with van der Waals surface area (Å²) in [5, 5.41) is 3.11. The Labute approximate surface area is 157 Å². The largest absolute Gasteiger partial charge is 0.401 e. The van der Waals surface area contributed by atoms with Gasteiger partial charge in [0.2, 0.25) is 0 Å². The van der Waals surface area contributed by atoms with Crippen LogP contribution in [-0.4, -0.2) is 74.9 Å². The number of morpholine rings is 1. The van der Waals surface area contributed by atoms with E-state index < -0.39 is 12.7 Å². The fraction of sp³-hybridized carbons (Fsp3) is 0.611. The van der Waals surface area contributed by atoms with E-state index in [1.807, 2.05) is 11.8 Å². The molecule has 0 radical (unpaired) electrons. The number of guanidine groups is 1. The van der Waals surface area contributed by atoms with E-state index in [4.69, 9.17) is 4.74 Å². The number of halogens is 4. The molecule has 2 rings (SSSR count). The smallest absolute Gasteiger partial charge is 0.367 e. The Morgan fingerprint density at radius 2 is 1.96 bits per heavy atom. The lowest BCUT2D eigenvalue weighted by molar-refractivity contribution is -0.142. The molecule has 0 aromatic heterocycles. The third-order valence-electron chi connectivity index (χ3n) is 4.24. The van der Waals surface area contributed by atoms with Crippen LogP contribution in [0.2, 0.25) is 0 Å². The molecule has 9 heteroatoms. The lowest BCUT2D eigenvalue weighted by atomic mass is 10.1. The van der Waals surface area contributed by atoms with Crippen molar-refractivity contribution in [1.82, 2.24) is 15.1 Å². The Balaban J connectivity index is 1.92. The molecule has 1 aromatic carbocycles. The number of nitrogens with one attached hydrogen (secondary N) is 1. The van der Waals surface area contributed by atoms with Gasteiger partial charge in [-0.3, -0.25) is 9.89 Å². The van der Waals surface area contributed by atoms with Gasteiger partial charge in [0.15, 0.2) is 5.96 Å². The molecule has 0 amide bonds. The fourth-order valence-electron chi connectivity index (χ4n) is 3.06. The predicted molar refractivity (Wildman–Crippen MR) is 96.2 cm³/mol. The second-order valence-corrected chi connectivity index (χ2v) is 6.72. The summed E-state index contributed by atoms with van der Waals surface area (Å²) in [7, 11) is 3.06. The predicted octanol–water partition coefficient (Wildman–Crippen LogP) is 2.66. The van der Waals surface area contributed by atoms with Crippen molar-refractivity contribution in [1.29, 1.82) is 0 Å². The molecule has 0 bridgehead atoms. The van der Waals surface area contributed by atoms with Crippen molar-refractivity contribution in [3.8, 4) is 0 Å². The van der Waals surface area contributed by atoms with E-state index in [0.29, 0.717) is 25.6 Å². The first-order valence-electron chi connectivity index (χ1n) is 8.79. The topological polar surface area (TPSA) is 40.1 Å². The number of nitrogens with zero attached hydrogens (tertiary/aromatic N) is 3. The van der Waals surface area contributed by atoms with E-state index in [1.54, 1.807) is 19.2 Å². The highest BCUT2D eigenvalue weighted by atomic mass is 19.4. The molecule has 1 heterocycles. The van der Waals surface area contributed by atoms with Gasteiger partial charge in [0.25, 0.3) is 0 Å². The maximum absolute atomic E-state index is 13.1. The third-order valence-corrected chi connectivity index (χ3v) is 4.24. The molecule has 1 aliphatic rings. The number of likely N-dealkylation sites (N-methyl/N-ethyl adjacent to an activating group) is 1. The highest BCUT2D eigenvalue weighted by molar-refractivity contribution is 5.80. The summed E-state index contributed by atoms with van der Waals surface area (Å²) in [6.45, 7) is 2.69. The van der Waals surface area contributed by atoms with Crippen LogP contribution in [-0.2, 0) is 4.74 Å². The quantitative estimate of drug-likeness (QED) is 0.477. The molecule has 1 aromatic rings. The van der Waals surface area contributed by atoms with Gasteiger partial charge in [-0.15, -0.1) is 0 Å². The first-order chi connectivity index (χ1) is 12.7. The Morgan fingerprint density at radius 1 is 1.30 bits per heavy atom. The molecule has 152 valence electrons. The lowest BCUT2D eigenvalue weighted by Crippen LogP contribution is -2.51. The molecule has 5 nitrogen and oxygen atoms in total. The van der Waals surface area contributed by atoms with E-state index in [0.717, 1.165) is 5.56 Å². The van der Waals surface area contributed by atoms with Gasteiger partial charge in [0.1, 0.15) is 11.9 Å². The van der Waals surface area contributed by atoms with Crippen LogP contribution in [0, 0.1) is 5.82 Å².